The summed E-state index contributed by atoms with van der Waals surface area (Å²) in [6.07, 6.45) is 0.885. The Hall–Kier alpha value is -3.06. The van der Waals surface area contributed by atoms with E-state index in [1.807, 2.05) is 42.8 Å². The number of hydrogen-bond acceptors (Lipinski definition) is 5. The smallest absolute Gasteiger partial charge is 0.196 e. The number of anilines is 1. The van der Waals surface area contributed by atoms with Crippen molar-refractivity contribution in [1.29, 1.82) is 0 Å². The summed E-state index contributed by atoms with van der Waals surface area (Å²) < 4.78 is 11.6. The molecule has 0 radical (unpaired) electrons. The summed E-state index contributed by atoms with van der Waals surface area (Å²) in [5.74, 6) is 2.25. The first-order valence-electron chi connectivity index (χ1n) is 10.1. The Morgan fingerprint density at radius 2 is 1.93 bits per heavy atom. The van der Waals surface area contributed by atoms with Gasteiger partial charge in [0.05, 0.1) is 37.5 Å². The number of nitrogens with one attached hydrogen (secondary N) is 2. The van der Waals surface area contributed by atoms with E-state index in [0.717, 1.165) is 29.3 Å². The molecule has 0 saturated carbocycles. The Balaban J connectivity index is 1.53. The molecule has 0 fully saturated rings. The maximum Gasteiger partial charge on any atom is 0.196 e. The summed E-state index contributed by atoms with van der Waals surface area (Å²) in [6, 6.07) is 14.2. The van der Waals surface area contributed by atoms with Crippen LogP contribution in [-0.2, 0) is 13.1 Å². The van der Waals surface area contributed by atoms with Gasteiger partial charge in [0, 0.05) is 23.1 Å². The van der Waals surface area contributed by atoms with Crippen molar-refractivity contribution in [2.45, 2.75) is 33.4 Å². The largest absolute Gasteiger partial charge is 0.490 e. The molecule has 3 aromatic rings. The molecular formula is C23H26N4O2S. The molecule has 0 amide bonds. The highest BCUT2D eigenvalue weighted by Gasteiger charge is 2.12. The molecule has 0 unspecified atom stereocenters. The van der Waals surface area contributed by atoms with E-state index in [9.17, 15) is 0 Å². The normalized spacial score (nSPS) is 13.6. The van der Waals surface area contributed by atoms with Crippen molar-refractivity contribution >= 4 is 23.0 Å². The van der Waals surface area contributed by atoms with E-state index in [1.165, 1.54) is 16.0 Å². The molecule has 2 aromatic carbocycles. The minimum atomic E-state index is 0.591. The number of nitrogens with zero attached hydrogens (tertiary/aromatic N) is 2. The number of hydrogen-bond donors (Lipinski definition) is 2. The zero-order valence-corrected chi connectivity index (χ0v) is 18.1. The Bertz CT molecular complexity index is 1030. The summed E-state index contributed by atoms with van der Waals surface area (Å²) in [5, 5.41) is 6.84. The lowest BCUT2D eigenvalue weighted by Crippen LogP contribution is -2.30. The van der Waals surface area contributed by atoms with Gasteiger partial charge >= 0.3 is 0 Å². The molecule has 0 aliphatic carbocycles. The second-order valence-electron chi connectivity index (χ2n) is 7.14. The average Bonchev–Trinajstić information content (AvgIpc) is 3.02. The highest BCUT2D eigenvalue weighted by atomic mass is 32.1. The number of aliphatic imine (C=N–C) groups is 1. The molecule has 1 aliphatic rings. The number of ether oxygens (including phenoxy) is 2. The van der Waals surface area contributed by atoms with Gasteiger partial charge in [0.2, 0.25) is 0 Å². The van der Waals surface area contributed by atoms with E-state index in [0.29, 0.717) is 32.3 Å². The van der Waals surface area contributed by atoms with Crippen molar-refractivity contribution in [2.24, 2.45) is 4.99 Å². The van der Waals surface area contributed by atoms with E-state index in [-0.39, 0.29) is 0 Å². The van der Waals surface area contributed by atoms with Gasteiger partial charge in [0.15, 0.2) is 17.5 Å². The summed E-state index contributed by atoms with van der Waals surface area (Å²) in [4.78, 5) is 10.3. The molecule has 4 rings (SSSR count). The number of benzene rings is 2. The summed E-state index contributed by atoms with van der Waals surface area (Å²) in [6.45, 7) is 6.73. The Kier molecular flexibility index (Phi) is 6.49. The van der Waals surface area contributed by atoms with Gasteiger partial charge in [-0.2, -0.15) is 0 Å². The van der Waals surface area contributed by atoms with Crippen molar-refractivity contribution in [1.82, 2.24) is 10.3 Å². The molecule has 6 nitrogen and oxygen atoms in total. The number of aromatic nitrogens is 1. The molecule has 30 heavy (non-hydrogen) atoms. The lowest BCUT2D eigenvalue weighted by atomic mass is 10.1. The molecule has 1 aliphatic heterocycles. The zero-order valence-electron chi connectivity index (χ0n) is 17.3. The Morgan fingerprint density at radius 1 is 1.10 bits per heavy atom. The first-order valence-corrected chi connectivity index (χ1v) is 11.0. The van der Waals surface area contributed by atoms with Crippen LogP contribution in [0, 0.1) is 13.8 Å². The van der Waals surface area contributed by atoms with Crippen LogP contribution in [0.2, 0.25) is 0 Å². The SMILES string of the molecule is Cc1ccccc1CN=C(NCc1scnc1C)Nc1ccc2c(c1)OCCCO2. The van der Waals surface area contributed by atoms with Crippen LogP contribution in [-0.4, -0.2) is 24.2 Å². The topological polar surface area (TPSA) is 67.8 Å². The molecular weight excluding hydrogens is 396 g/mol. The van der Waals surface area contributed by atoms with Crippen LogP contribution in [0.15, 0.2) is 53.0 Å². The third-order valence-corrected chi connectivity index (χ3v) is 5.88. The minimum Gasteiger partial charge on any atom is -0.490 e. The highest BCUT2D eigenvalue weighted by molar-refractivity contribution is 7.09. The van der Waals surface area contributed by atoms with Crippen LogP contribution in [0.4, 0.5) is 5.69 Å². The van der Waals surface area contributed by atoms with E-state index in [1.54, 1.807) is 11.3 Å². The number of guanidine groups is 1. The van der Waals surface area contributed by atoms with E-state index in [2.05, 4.69) is 34.7 Å². The van der Waals surface area contributed by atoms with Crippen molar-refractivity contribution in [3.63, 3.8) is 0 Å². The standard InChI is InChI=1S/C23H26N4O2S/c1-16-6-3-4-7-18(16)13-24-23(25-14-22-17(2)26-15-30-22)27-19-8-9-20-21(12-19)29-11-5-10-28-20/h3-4,6-9,12,15H,5,10-11,13-14H2,1-2H3,(H2,24,25,27). The van der Waals surface area contributed by atoms with Gasteiger partial charge < -0.3 is 20.1 Å². The van der Waals surface area contributed by atoms with E-state index in [4.69, 9.17) is 14.5 Å². The Labute approximate surface area is 181 Å². The van der Waals surface area contributed by atoms with Crippen LogP contribution in [0.1, 0.15) is 28.1 Å². The monoisotopic (exact) mass is 422 g/mol. The summed E-state index contributed by atoms with van der Waals surface area (Å²) >= 11 is 1.64. The quantitative estimate of drug-likeness (QED) is 0.462. The molecule has 0 atom stereocenters. The van der Waals surface area contributed by atoms with Crippen LogP contribution in [0.25, 0.3) is 0 Å². The van der Waals surface area contributed by atoms with Gasteiger partial charge in [-0.25, -0.2) is 9.98 Å². The van der Waals surface area contributed by atoms with Gasteiger partial charge in [-0.05, 0) is 37.1 Å². The van der Waals surface area contributed by atoms with Crippen LogP contribution < -0.4 is 20.1 Å². The molecule has 7 heteroatoms. The van der Waals surface area contributed by atoms with E-state index < -0.39 is 0 Å². The van der Waals surface area contributed by atoms with Gasteiger partial charge in [-0.15, -0.1) is 11.3 Å². The highest BCUT2D eigenvalue weighted by Crippen LogP contribution is 2.32. The fourth-order valence-electron chi connectivity index (χ4n) is 3.13. The lowest BCUT2D eigenvalue weighted by Gasteiger charge is -2.15. The van der Waals surface area contributed by atoms with Gasteiger partial charge in [0.25, 0.3) is 0 Å². The number of rotatable bonds is 5. The lowest BCUT2D eigenvalue weighted by molar-refractivity contribution is 0.297. The molecule has 1 aromatic heterocycles. The fourth-order valence-corrected chi connectivity index (χ4v) is 3.85. The molecule has 0 saturated heterocycles. The predicted octanol–water partition coefficient (Wildman–Crippen LogP) is 4.68. The maximum atomic E-state index is 5.82. The molecule has 2 N–H and O–H groups in total. The fraction of sp³-hybridized carbons (Fsp3) is 0.304. The van der Waals surface area contributed by atoms with Crippen LogP contribution in [0.5, 0.6) is 11.5 Å². The van der Waals surface area contributed by atoms with Crippen molar-refractivity contribution < 1.29 is 9.47 Å². The average molecular weight is 423 g/mol. The Morgan fingerprint density at radius 3 is 2.73 bits per heavy atom. The third-order valence-electron chi connectivity index (χ3n) is 4.94. The number of aryl methyl sites for hydroxylation is 2. The molecule has 0 spiro atoms. The first-order chi connectivity index (χ1) is 14.7. The molecule has 156 valence electrons. The second kappa shape index (κ2) is 9.63. The minimum absolute atomic E-state index is 0.591. The molecule has 2 heterocycles. The van der Waals surface area contributed by atoms with Crippen molar-refractivity contribution in [2.75, 3.05) is 18.5 Å². The first kappa shape index (κ1) is 20.2. The number of fused-ring (bicyclic) bond motifs is 1. The van der Waals surface area contributed by atoms with Gasteiger partial charge in [0.1, 0.15) is 0 Å². The summed E-state index contributed by atoms with van der Waals surface area (Å²) in [7, 11) is 0. The maximum absolute atomic E-state index is 5.82. The molecule has 0 bridgehead atoms. The van der Waals surface area contributed by atoms with Gasteiger partial charge in [-0.1, -0.05) is 24.3 Å². The third kappa shape index (κ3) is 5.10. The second-order valence-corrected chi connectivity index (χ2v) is 8.08. The van der Waals surface area contributed by atoms with E-state index >= 15 is 0 Å². The van der Waals surface area contributed by atoms with Crippen LogP contribution >= 0.6 is 11.3 Å². The predicted molar refractivity (Wildman–Crippen MR) is 122 cm³/mol. The zero-order chi connectivity index (χ0) is 20.8. The van der Waals surface area contributed by atoms with Crippen LogP contribution in [0.3, 0.4) is 0 Å². The summed E-state index contributed by atoms with van der Waals surface area (Å²) in [5.41, 5.74) is 6.24. The van der Waals surface area contributed by atoms with Crippen molar-refractivity contribution in [3.05, 3.63) is 69.7 Å². The number of thiazole rings is 1. The van der Waals surface area contributed by atoms with Gasteiger partial charge in [-0.3, -0.25) is 0 Å². The van der Waals surface area contributed by atoms with Crippen molar-refractivity contribution in [3.8, 4) is 11.5 Å².